The van der Waals surface area contributed by atoms with Crippen LogP contribution in [0, 0.1) is 5.92 Å². The molecule has 2 rings (SSSR count). The van der Waals surface area contributed by atoms with Gasteiger partial charge < -0.3 is 5.32 Å². The van der Waals surface area contributed by atoms with Gasteiger partial charge in [-0.1, -0.05) is 30.3 Å². The van der Waals surface area contributed by atoms with E-state index in [1.807, 2.05) is 7.05 Å². The van der Waals surface area contributed by atoms with Crippen LogP contribution in [0.5, 0.6) is 0 Å². The molecule has 3 heteroatoms. The van der Waals surface area contributed by atoms with Crippen LogP contribution in [-0.2, 0) is 6.54 Å². The lowest BCUT2D eigenvalue weighted by Crippen LogP contribution is -2.44. The molecule has 1 aromatic carbocycles. The second kappa shape index (κ2) is 6.43. The topological polar surface area (TPSA) is 15.3 Å². The number of nitrogens with zero attached hydrogens (tertiary/aromatic N) is 1. The molecule has 2 atom stereocenters. The highest BCUT2D eigenvalue weighted by Gasteiger charge is 2.26. The minimum absolute atomic E-state index is 0.550. The van der Waals surface area contributed by atoms with Crippen LogP contribution in [0.1, 0.15) is 12.0 Å². The van der Waals surface area contributed by atoms with E-state index >= 15 is 0 Å². The maximum absolute atomic E-state index is 4.69. The summed E-state index contributed by atoms with van der Waals surface area (Å²) in [6.07, 6.45) is 1.20. The minimum Gasteiger partial charge on any atom is -0.319 e. The number of piperidine rings is 1. The van der Waals surface area contributed by atoms with E-state index in [0.29, 0.717) is 11.2 Å². The lowest BCUT2D eigenvalue weighted by molar-refractivity contribution is 0.173. The maximum atomic E-state index is 4.69. The van der Waals surface area contributed by atoms with Crippen LogP contribution in [0.4, 0.5) is 0 Å². The van der Waals surface area contributed by atoms with Crippen LogP contribution in [0.2, 0.25) is 0 Å². The summed E-state index contributed by atoms with van der Waals surface area (Å²) in [6, 6.07) is 10.7. The Balaban J connectivity index is 1.90. The molecular formula is C14H22N2S. The Bertz CT molecular complexity index is 328. The van der Waals surface area contributed by atoms with Gasteiger partial charge in [0, 0.05) is 18.3 Å². The van der Waals surface area contributed by atoms with Gasteiger partial charge in [-0.3, -0.25) is 4.90 Å². The predicted molar refractivity (Wildman–Crippen MR) is 76.5 cm³/mol. The van der Waals surface area contributed by atoms with Crippen molar-refractivity contribution < 1.29 is 0 Å². The smallest absolute Gasteiger partial charge is 0.0233 e. The van der Waals surface area contributed by atoms with E-state index in [-0.39, 0.29) is 0 Å². The fraction of sp³-hybridized carbons (Fsp3) is 0.571. The van der Waals surface area contributed by atoms with E-state index < -0.39 is 0 Å². The normalized spacial score (nSPS) is 26.0. The molecule has 1 N–H and O–H groups in total. The van der Waals surface area contributed by atoms with E-state index in [2.05, 4.69) is 40.5 Å². The first-order chi connectivity index (χ1) is 8.29. The van der Waals surface area contributed by atoms with Crippen LogP contribution in [0.15, 0.2) is 30.3 Å². The monoisotopic (exact) mass is 250 g/mol. The number of benzene rings is 1. The van der Waals surface area contributed by atoms with Crippen LogP contribution >= 0.6 is 12.6 Å². The molecule has 17 heavy (non-hydrogen) atoms. The van der Waals surface area contributed by atoms with E-state index in [4.69, 9.17) is 12.6 Å². The Morgan fingerprint density at radius 3 is 2.82 bits per heavy atom. The van der Waals surface area contributed by atoms with Gasteiger partial charge in [-0.25, -0.2) is 0 Å². The van der Waals surface area contributed by atoms with Gasteiger partial charge in [0.05, 0.1) is 0 Å². The molecule has 0 amide bonds. The summed E-state index contributed by atoms with van der Waals surface area (Å²) < 4.78 is 0. The largest absolute Gasteiger partial charge is 0.319 e. The molecule has 0 aromatic heterocycles. The average Bonchev–Trinajstić information content (AvgIpc) is 2.35. The number of hydrogen-bond acceptors (Lipinski definition) is 3. The van der Waals surface area contributed by atoms with Gasteiger partial charge in [0.1, 0.15) is 0 Å². The third-order valence-corrected chi connectivity index (χ3v) is 4.17. The molecule has 2 nitrogen and oxygen atoms in total. The van der Waals surface area contributed by atoms with E-state index in [0.717, 1.165) is 19.6 Å². The number of rotatable bonds is 4. The van der Waals surface area contributed by atoms with Crippen molar-refractivity contribution in [1.29, 1.82) is 0 Å². The van der Waals surface area contributed by atoms with Gasteiger partial charge in [0.2, 0.25) is 0 Å². The summed E-state index contributed by atoms with van der Waals surface area (Å²) in [5.74, 6) is 0.667. The Hall–Kier alpha value is -0.510. The summed E-state index contributed by atoms with van der Waals surface area (Å²) in [5, 5.41) is 3.83. The van der Waals surface area contributed by atoms with Crippen molar-refractivity contribution in [1.82, 2.24) is 10.2 Å². The average molecular weight is 250 g/mol. The van der Waals surface area contributed by atoms with Crippen LogP contribution in [-0.4, -0.2) is 36.8 Å². The number of thiol groups is 1. The Morgan fingerprint density at radius 2 is 2.12 bits per heavy atom. The van der Waals surface area contributed by atoms with Gasteiger partial charge in [0.15, 0.2) is 0 Å². The van der Waals surface area contributed by atoms with Gasteiger partial charge >= 0.3 is 0 Å². The molecule has 0 radical (unpaired) electrons. The Kier molecular flexibility index (Phi) is 4.89. The van der Waals surface area contributed by atoms with Crippen molar-refractivity contribution in [2.45, 2.75) is 18.2 Å². The van der Waals surface area contributed by atoms with Crippen molar-refractivity contribution >= 4 is 12.6 Å². The molecule has 1 heterocycles. The van der Waals surface area contributed by atoms with Crippen LogP contribution in [0.25, 0.3) is 0 Å². The Labute approximate surface area is 110 Å². The summed E-state index contributed by atoms with van der Waals surface area (Å²) in [7, 11) is 2.02. The van der Waals surface area contributed by atoms with Crippen LogP contribution in [0.3, 0.4) is 0 Å². The zero-order chi connectivity index (χ0) is 12.1. The zero-order valence-corrected chi connectivity index (χ0v) is 11.4. The fourth-order valence-corrected chi connectivity index (χ4v) is 2.86. The number of likely N-dealkylation sites (tertiary alicyclic amines) is 1. The second-order valence-electron chi connectivity index (χ2n) is 4.89. The molecule has 0 bridgehead atoms. The molecule has 1 saturated heterocycles. The third-order valence-electron chi connectivity index (χ3n) is 3.49. The summed E-state index contributed by atoms with van der Waals surface area (Å²) in [6.45, 7) is 4.47. The first-order valence-corrected chi connectivity index (χ1v) is 6.90. The number of hydrogen-bond donors (Lipinski definition) is 2. The molecule has 0 spiro atoms. The van der Waals surface area contributed by atoms with Crippen molar-refractivity contribution in [3.8, 4) is 0 Å². The third kappa shape index (κ3) is 3.73. The standard InChI is InChI=1S/C14H22N2S/c1-15-9-13-11-16(8-7-14(13)17)10-12-5-3-2-4-6-12/h2-6,13-15,17H,7-11H2,1H3. The highest BCUT2D eigenvalue weighted by Crippen LogP contribution is 2.22. The van der Waals surface area contributed by atoms with Crippen molar-refractivity contribution in [2.24, 2.45) is 5.92 Å². The van der Waals surface area contributed by atoms with Gasteiger partial charge in [-0.15, -0.1) is 0 Å². The quantitative estimate of drug-likeness (QED) is 0.795. The molecule has 1 aliphatic heterocycles. The SMILES string of the molecule is CNCC1CN(Cc2ccccc2)CCC1S. The Morgan fingerprint density at radius 1 is 1.35 bits per heavy atom. The molecule has 0 saturated carbocycles. The second-order valence-corrected chi connectivity index (χ2v) is 5.56. The first kappa shape index (κ1) is 12.9. The molecule has 94 valence electrons. The maximum Gasteiger partial charge on any atom is 0.0233 e. The lowest BCUT2D eigenvalue weighted by Gasteiger charge is -2.36. The molecule has 2 unspecified atom stereocenters. The van der Waals surface area contributed by atoms with E-state index in [1.165, 1.54) is 18.5 Å². The van der Waals surface area contributed by atoms with Crippen LogP contribution < -0.4 is 5.32 Å². The predicted octanol–water partition coefficient (Wildman–Crippen LogP) is 2.03. The highest BCUT2D eigenvalue weighted by atomic mass is 32.1. The van der Waals surface area contributed by atoms with Crippen molar-refractivity contribution in [3.63, 3.8) is 0 Å². The molecule has 0 aliphatic carbocycles. The van der Waals surface area contributed by atoms with Crippen molar-refractivity contribution in [3.05, 3.63) is 35.9 Å². The molecule has 1 fully saturated rings. The zero-order valence-electron chi connectivity index (χ0n) is 10.5. The minimum atomic E-state index is 0.550. The first-order valence-electron chi connectivity index (χ1n) is 6.38. The van der Waals surface area contributed by atoms with E-state index in [9.17, 15) is 0 Å². The molecule has 1 aromatic rings. The van der Waals surface area contributed by atoms with Gasteiger partial charge in [-0.05, 0) is 38.0 Å². The lowest BCUT2D eigenvalue weighted by atomic mass is 9.97. The van der Waals surface area contributed by atoms with Gasteiger partial charge in [-0.2, -0.15) is 12.6 Å². The molecular weight excluding hydrogens is 228 g/mol. The number of nitrogens with one attached hydrogen (secondary N) is 1. The van der Waals surface area contributed by atoms with Crippen molar-refractivity contribution in [2.75, 3.05) is 26.7 Å². The summed E-state index contributed by atoms with van der Waals surface area (Å²) in [4.78, 5) is 2.55. The molecule has 1 aliphatic rings. The summed E-state index contributed by atoms with van der Waals surface area (Å²) >= 11 is 4.69. The van der Waals surface area contributed by atoms with E-state index in [1.54, 1.807) is 0 Å². The summed E-state index contributed by atoms with van der Waals surface area (Å²) in [5.41, 5.74) is 1.41. The highest BCUT2D eigenvalue weighted by molar-refractivity contribution is 7.81. The van der Waals surface area contributed by atoms with Gasteiger partial charge in [0.25, 0.3) is 0 Å². The fourth-order valence-electron chi connectivity index (χ4n) is 2.54.